The number of halogens is 5. The van der Waals surface area contributed by atoms with Gasteiger partial charge < -0.3 is 15.6 Å². The molecule has 0 aliphatic rings. The van der Waals surface area contributed by atoms with Gasteiger partial charge in [0.2, 0.25) is 5.82 Å². The summed E-state index contributed by atoms with van der Waals surface area (Å²) >= 11 is 12.4. The van der Waals surface area contributed by atoms with E-state index < -0.39 is 23.4 Å². The van der Waals surface area contributed by atoms with Crippen LogP contribution in [0.15, 0.2) is 58.3 Å². The fraction of sp³-hybridized carbons (Fsp3) is 0.185. The molecule has 6 aromatic rings. The third-order valence-electron chi connectivity index (χ3n) is 6.79. The van der Waals surface area contributed by atoms with Crippen LogP contribution in [-0.4, -0.2) is 46.3 Å². The summed E-state index contributed by atoms with van der Waals surface area (Å²) in [5, 5.41) is 15.2. The number of nitrogens with one attached hydrogen (secondary N) is 4. The number of benzene rings is 2. The van der Waals surface area contributed by atoms with Crippen LogP contribution in [0.2, 0.25) is 10.0 Å². The van der Waals surface area contributed by atoms with E-state index in [0.717, 1.165) is 11.6 Å². The van der Waals surface area contributed by atoms with Gasteiger partial charge in [-0.25, -0.2) is 14.6 Å². The van der Waals surface area contributed by atoms with Crippen molar-refractivity contribution in [1.29, 1.82) is 0 Å². The summed E-state index contributed by atoms with van der Waals surface area (Å²) in [5.41, 5.74) is 0.907. The van der Waals surface area contributed by atoms with E-state index in [1.807, 2.05) is 0 Å². The lowest BCUT2D eigenvalue weighted by Gasteiger charge is -2.13. The summed E-state index contributed by atoms with van der Waals surface area (Å²) < 4.78 is 41.7. The molecule has 0 unspecified atom stereocenters. The molecule has 0 aliphatic heterocycles. The minimum absolute atomic E-state index is 0.00171. The number of nitrogens with zero attached hydrogens (tertiary/aromatic N) is 6. The van der Waals surface area contributed by atoms with Gasteiger partial charge in [0.15, 0.2) is 0 Å². The van der Waals surface area contributed by atoms with E-state index in [1.165, 1.54) is 15.2 Å². The van der Waals surface area contributed by atoms with Crippen molar-refractivity contribution in [3.05, 3.63) is 103 Å². The molecule has 4 aromatic heterocycles. The lowest BCUT2D eigenvalue weighted by molar-refractivity contribution is -0.144. The van der Waals surface area contributed by atoms with Gasteiger partial charge in [-0.2, -0.15) is 28.2 Å². The number of aromatic amines is 2. The molecule has 2 aromatic carbocycles. The number of hydrogen-bond donors (Lipinski definition) is 4. The zero-order valence-corrected chi connectivity index (χ0v) is 24.1. The minimum Gasteiger partial charge on any atom is -0.372 e. The van der Waals surface area contributed by atoms with E-state index in [0.29, 0.717) is 43.7 Å². The Morgan fingerprint density at radius 1 is 0.841 bits per heavy atom. The first-order chi connectivity index (χ1) is 21.0. The molecule has 0 aliphatic carbocycles. The molecule has 0 radical (unpaired) electrons. The van der Waals surface area contributed by atoms with Gasteiger partial charge in [-0.05, 0) is 42.5 Å². The summed E-state index contributed by atoms with van der Waals surface area (Å²) in [7, 11) is 1.67. The van der Waals surface area contributed by atoms with E-state index in [4.69, 9.17) is 23.2 Å². The van der Waals surface area contributed by atoms with Gasteiger partial charge in [0, 0.05) is 34.1 Å². The van der Waals surface area contributed by atoms with E-state index in [1.54, 1.807) is 43.4 Å². The average Bonchev–Trinajstić information content (AvgIpc) is 3.64. The molecule has 0 amide bonds. The van der Waals surface area contributed by atoms with E-state index in [-0.39, 0.29) is 31.1 Å². The predicted molar refractivity (Wildman–Crippen MR) is 159 cm³/mol. The smallest absolute Gasteiger partial charge is 0.372 e. The van der Waals surface area contributed by atoms with Crippen LogP contribution in [0.3, 0.4) is 0 Å². The Bertz CT molecular complexity index is 2150. The van der Waals surface area contributed by atoms with Gasteiger partial charge in [-0.3, -0.25) is 14.2 Å². The Hall–Kier alpha value is -4.89. The Balaban J connectivity index is 1.26. The molecule has 17 heteroatoms. The third-order valence-corrected chi connectivity index (χ3v) is 7.26. The zero-order valence-electron chi connectivity index (χ0n) is 22.6. The highest BCUT2D eigenvalue weighted by Crippen LogP contribution is 2.28. The standard InChI is InChI=1S/C27H21Cl2F3N10O2/c1-33-22-18-4-2-13(28)6-20(18)41(25(43)37-22)11-16-8-15(39-40-16)9-34-23-19-5-3-14(29)7-21(19)42(26(44)38-23)12-17-10-35-24(36-17)27(30,31)32/h2-8,10H,9,11-12H2,1H3,(H,35,36)(H,39,40)(H,33,37,43)(H,34,38,44). The molecule has 0 bridgehead atoms. The predicted octanol–water partition coefficient (Wildman–Crippen LogP) is 4.63. The van der Waals surface area contributed by atoms with Crippen molar-refractivity contribution in [1.82, 2.24) is 39.3 Å². The monoisotopic (exact) mass is 644 g/mol. The van der Waals surface area contributed by atoms with Gasteiger partial charge in [0.1, 0.15) is 11.6 Å². The molecule has 44 heavy (non-hydrogen) atoms. The minimum atomic E-state index is -4.65. The SMILES string of the molecule is CNc1nc(=O)n(Cc2cc(CNc3nc(=O)n(Cc4c[nH]c(C(F)(F)F)n4)c4cc(Cl)ccc34)[nH]n2)c2cc(Cl)ccc12. The van der Waals surface area contributed by atoms with Gasteiger partial charge in [0.25, 0.3) is 0 Å². The summed E-state index contributed by atoms with van der Waals surface area (Å²) in [6.45, 7) is 0.0267. The second-order valence-corrected chi connectivity index (χ2v) is 10.6. The maximum atomic E-state index is 13.0. The summed E-state index contributed by atoms with van der Waals surface area (Å²) in [5.74, 6) is -0.500. The first-order valence-electron chi connectivity index (χ1n) is 13.0. The highest BCUT2D eigenvalue weighted by atomic mass is 35.5. The molecule has 0 saturated carbocycles. The van der Waals surface area contributed by atoms with Gasteiger partial charge in [-0.15, -0.1) is 0 Å². The van der Waals surface area contributed by atoms with Crippen molar-refractivity contribution >= 4 is 56.6 Å². The number of H-pyrrole nitrogens is 2. The molecular formula is C27H21Cl2F3N10O2. The van der Waals surface area contributed by atoms with Crippen LogP contribution in [0.25, 0.3) is 21.8 Å². The first-order valence-corrected chi connectivity index (χ1v) is 13.7. The second kappa shape index (κ2) is 11.3. The number of anilines is 2. The molecule has 12 nitrogen and oxygen atoms in total. The molecular weight excluding hydrogens is 624 g/mol. The number of rotatable bonds is 8. The molecule has 0 spiro atoms. The first kappa shape index (κ1) is 29.2. The maximum Gasteiger partial charge on any atom is 0.449 e. The lowest BCUT2D eigenvalue weighted by Crippen LogP contribution is -2.25. The molecule has 6 rings (SSSR count). The van der Waals surface area contributed by atoms with Crippen molar-refractivity contribution < 1.29 is 13.2 Å². The van der Waals surface area contributed by atoms with Crippen molar-refractivity contribution in [3.63, 3.8) is 0 Å². The highest BCUT2D eigenvalue weighted by molar-refractivity contribution is 6.31. The second-order valence-electron chi connectivity index (χ2n) is 9.71. The largest absolute Gasteiger partial charge is 0.449 e. The number of fused-ring (bicyclic) bond motifs is 2. The van der Waals surface area contributed by atoms with Crippen LogP contribution in [0, 0.1) is 0 Å². The van der Waals surface area contributed by atoms with Crippen LogP contribution in [0.1, 0.15) is 22.9 Å². The summed E-state index contributed by atoms with van der Waals surface area (Å²) in [6.07, 6.45) is -3.57. The third kappa shape index (κ3) is 5.70. The van der Waals surface area contributed by atoms with Gasteiger partial charge in [-0.1, -0.05) is 23.2 Å². The van der Waals surface area contributed by atoms with Crippen molar-refractivity contribution in [2.75, 3.05) is 17.7 Å². The molecule has 226 valence electrons. The number of imidazole rings is 1. The molecule has 0 saturated heterocycles. The van der Waals surface area contributed by atoms with Gasteiger partial charge >= 0.3 is 17.6 Å². The van der Waals surface area contributed by atoms with Crippen LogP contribution in [-0.2, 0) is 25.8 Å². The Morgan fingerprint density at radius 2 is 1.43 bits per heavy atom. The number of hydrogen-bond acceptors (Lipinski definition) is 8. The van der Waals surface area contributed by atoms with Crippen LogP contribution in [0.5, 0.6) is 0 Å². The highest BCUT2D eigenvalue weighted by Gasteiger charge is 2.34. The molecule has 0 atom stereocenters. The van der Waals surface area contributed by atoms with Crippen molar-refractivity contribution in [2.24, 2.45) is 0 Å². The number of alkyl halides is 3. The van der Waals surface area contributed by atoms with E-state index in [2.05, 4.69) is 40.8 Å². The van der Waals surface area contributed by atoms with E-state index >= 15 is 0 Å². The fourth-order valence-corrected chi connectivity index (χ4v) is 5.13. The summed E-state index contributed by atoms with van der Waals surface area (Å²) in [6, 6.07) is 11.7. The Kier molecular flexibility index (Phi) is 7.51. The van der Waals surface area contributed by atoms with Gasteiger partial charge in [0.05, 0.1) is 47.7 Å². The maximum absolute atomic E-state index is 13.0. The fourth-order valence-electron chi connectivity index (χ4n) is 4.80. The average molecular weight is 645 g/mol. The molecule has 0 fully saturated rings. The Morgan fingerprint density at radius 3 is 2.02 bits per heavy atom. The normalized spacial score (nSPS) is 11.9. The van der Waals surface area contributed by atoms with Crippen LogP contribution in [0.4, 0.5) is 24.8 Å². The lowest BCUT2D eigenvalue weighted by atomic mass is 10.2. The van der Waals surface area contributed by atoms with E-state index in [9.17, 15) is 22.8 Å². The zero-order chi connectivity index (χ0) is 31.2. The number of aromatic nitrogens is 8. The summed E-state index contributed by atoms with van der Waals surface area (Å²) in [4.78, 5) is 39.7. The molecule has 4 N–H and O–H groups in total. The topological polar surface area (TPSA) is 151 Å². The van der Waals surface area contributed by atoms with Crippen LogP contribution < -0.4 is 22.0 Å². The Labute approximate surface area is 254 Å². The van der Waals surface area contributed by atoms with Crippen molar-refractivity contribution in [2.45, 2.75) is 25.8 Å². The quantitative estimate of drug-likeness (QED) is 0.187. The van der Waals surface area contributed by atoms with Crippen molar-refractivity contribution in [3.8, 4) is 0 Å². The molecule has 4 heterocycles. The van der Waals surface area contributed by atoms with Crippen LogP contribution >= 0.6 is 23.2 Å².